The summed E-state index contributed by atoms with van der Waals surface area (Å²) < 4.78 is 26.7. The van der Waals surface area contributed by atoms with Gasteiger partial charge in [0.2, 0.25) is 21.8 Å². The van der Waals surface area contributed by atoms with Gasteiger partial charge in [0, 0.05) is 30.4 Å². The molecule has 28 heavy (non-hydrogen) atoms. The van der Waals surface area contributed by atoms with Crippen LogP contribution in [0.5, 0.6) is 0 Å². The van der Waals surface area contributed by atoms with Crippen molar-refractivity contribution in [3.8, 4) is 0 Å². The van der Waals surface area contributed by atoms with Gasteiger partial charge in [-0.15, -0.1) is 0 Å². The van der Waals surface area contributed by atoms with Crippen molar-refractivity contribution in [3.63, 3.8) is 0 Å². The molecular weight excluding hydrogens is 378 g/mol. The first-order valence-electron chi connectivity index (χ1n) is 8.65. The van der Waals surface area contributed by atoms with Crippen LogP contribution in [0.4, 0.5) is 11.4 Å². The zero-order valence-electron chi connectivity index (χ0n) is 15.9. The second kappa shape index (κ2) is 9.29. The van der Waals surface area contributed by atoms with Gasteiger partial charge in [-0.1, -0.05) is 12.1 Å². The van der Waals surface area contributed by atoms with Gasteiger partial charge >= 0.3 is 0 Å². The molecular formula is C20H23N3O4S. The highest BCUT2D eigenvalue weighted by atomic mass is 32.2. The molecule has 0 aliphatic carbocycles. The van der Waals surface area contributed by atoms with Crippen molar-refractivity contribution in [2.45, 2.75) is 31.7 Å². The maximum absolute atomic E-state index is 12.1. The van der Waals surface area contributed by atoms with Crippen molar-refractivity contribution in [3.05, 3.63) is 60.2 Å². The molecule has 0 fully saturated rings. The summed E-state index contributed by atoms with van der Waals surface area (Å²) in [6, 6.07) is 12.8. The molecule has 148 valence electrons. The summed E-state index contributed by atoms with van der Waals surface area (Å²) >= 11 is 0. The van der Waals surface area contributed by atoms with Gasteiger partial charge in [0.25, 0.3) is 0 Å². The van der Waals surface area contributed by atoms with Gasteiger partial charge in [0.15, 0.2) is 0 Å². The molecule has 7 nitrogen and oxygen atoms in total. The smallest absolute Gasteiger partial charge is 0.248 e. The molecule has 0 aliphatic rings. The molecule has 2 rings (SSSR count). The summed E-state index contributed by atoms with van der Waals surface area (Å²) in [5.74, 6) is -0.497. The van der Waals surface area contributed by atoms with E-state index in [0.29, 0.717) is 11.4 Å². The molecule has 0 radical (unpaired) electrons. The Morgan fingerprint density at radius 2 is 1.43 bits per heavy atom. The Bertz CT molecular complexity index is 964. The van der Waals surface area contributed by atoms with Crippen molar-refractivity contribution >= 4 is 39.3 Å². The number of nitrogens with one attached hydrogen (secondary N) is 3. The molecule has 0 atom stereocenters. The molecule has 0 spiro atoms. The standard InChI is InChI=1S/C20H23N3O4S/c1-14(2)23-28(26,27)19-11-9-18(10-12-19)22-20(25)13-6-16-4-7-17(8-5-16)21-15(3)24/h4-14,23H,1-3H3,(H,21,24)(H,22,25)/b13-6+. The molecule has 0 heterocycles. The maximum Gasteiger partial charge on any atom is 0.248 e. The lowest BCUT2D eigenvalue weighted by Crippen LogP contribution is -2.30. The average Bonchev–Trinajstić information content (AvgIpc) is 2.60. The number of benzene rings is 2. The van der Waals surface area contributed by atoms with E-state index in [0.717, 1.165) is 5.56 Å². The zero-order chi connectivity index (χ0) is 20.7. The number of carbonyl (C=O) groups is 2. The second-order valence-corrected chi connectivity index (χ2v) is 8.14. The summed E-state index contributed by atoms with van der Waals surface area (Å²) in [4.78, 5) is 23.2. The van der Waals surface area contributed by atoms with E-state index < -0.39 is 10.0 Å². The summed E-state index contributed by atoms with van der Waals surface area (Å²) in [6.07, 6.45) is 3.01. The highest BCUT2D eigenvalue weighted by Gasteiger charge is 2.14. The van der Waals surface area contributed by atoms with Gasteiger partial charge in [-0.05, 0) is 61.9 Å². The predicted octanol–water partition coefficient (Wildman–Crippen LogP) is 2.98. The summed E-state index contributed by atoms with van der Waals surface area (Å²) in [5, 5.41) is 5.34. The topological polar surface area (TPSA) is 104 Å². The molecule has 0 saturated carbocycles. The van der Waals surface area contributed by atoms with E-state index in [4.69, 9.17) is 0 Å². The minimum Gasteiger partial charge on any atom is -0.326 e. The van der Waals surface area contributed by atoms with Crippen LogP contribution in [0.2, 0.25) is 0 Å². The minimum absolute atomic E-state index is 0.133. The number of hydrogen-bond donors (Lipinski definition) is 3. The van der Waals surface area contributed by atoms with Crippen molar-refractivity contribution in [1.82, 2.24) is 4.72 Å². The Labute approximate surface area is 164 Å². The normalized spacial score (nSPS) is 11.6. The Morgan fingerprint density at radius 1 is 0.893 bits per heavy atom. The van der Waals surface area contributed by atoms with Crippen LogP contribution in [-0.2, 0) is 19.6 Å². The molecule has 2 aromatic carbocycles. The van der Waals surface area contributed by atoms with E-state index in [1.807, 2.05) is 0 Å². The molecule has 3 N–H and O–H groups in total. The molecule has 8 heteroatoms. The first-order chi connectivity index (χ1) is 13.2. The third-order valence-electron chi connectivity index (χ3n) is 3.48. The third-order valence-corrected chi connectivity index (χ3v) is 5.16. The van der Waals surface area contributed by atoms with Crippen molar-refractivity contribution < 1.29 is 18.0 Å². The minimum atomic E-state index is -3.57. The number of carbonyl (C=O) groups excluding carboxylic acids is 2. The summed E-state index contributed by atoms with van der Waals surface area (Å²) in [5.41, 5.74) is 1.96. The highest BCUT2D eigenvalue weighted by molar-refractivity contribution is 7.89. The molecule has 0 unspecified atom stereocenters. The highest BCUT2D eigenvalue weighted by Crippen LogP contribution is 2.15. The lowest BCUT2D eigenvalue weighted by molar-refractivity contribution is -0.114. The van der Waals surface area contributed by atoms with E-state index >= 15 is 0 Å². The maximum atomic E-state index is 12.1. The molecule has 0 saturated heterocycles. The van der Waals surface area contributed by atoms with Gasteiger partial charge in [-0.25, -0.2) is 13.1 Å². The van der Waals surface area contributed by atoms with Gasteiger partial charge in [0.1, 0.15) is 0 Å². The summed E-state index contributed by atoms with van der Waals surface area (Å²) in [6.45, 7) is 4.92. The molecule has 0 bridgehead atoms. The largest absolute Gasteiger partial charge is 0.326 e. The Morgan fingerprint density at radius 3 is 1.96 bits per heavy atom. The van der Waals surface area contributed by atoms with Crippen molar-refractivity contribution in [2.24, 2.45) is 0 Å². The quantitative estimate of drug-likeness (QED) is 0.620. The van der Waals surface area contributed by atoms with Crippen LogP contribution in [0.15, 0.2) is 59.5 Å². The van der Waals surface area contributed by atoms with Gasteiger partial charge in [-0.3, -0.25) is 9.59 Å². The van der Waals surface area contributed by atoms with Gasteiger partial charge in [-0.2, -0.15) is 0 Å². The van der Waals surface area contributed by atoms with Crippen molar-refractivity contribution in [1.29, 1.82) is 0 Å². The first-order valence-corrected chi connectivity index (χ1v) is 10.1. The fourth-order valence-electron chi connectivity index (χ4n) is 2.33. The lowest BCUT2D eigenvalue weighted by atomic mass is 10.2. The number of amides is 2. The number of sulfonamides is 1. The molecule has 2 aromatic rings. The van der Waals surface area contributed by atoms with E-state index in [1.54, 1.807) is 44.2 Å². The Hall–Kier alpha value is -2.97. The summed E-state index contributed by atoms with van der Waals surface area (Å²) in [7, 11) is -3.57. The van der Waals surface area contributed by atoms with Gasteiger partial charge in [0.05, 0.1) is 4.90 Å². The average molecular weight is 401 g/mol. The first kappa shape index (κ1) is 21.3. The lowest BCUT2D eigenvalue weighted by Gasteiger charge is -2.10. The molecule has 2 amide bonds. The van der Waals surface area contributed by atoms with E-state index in [-0.39, 0.29) is 22.8 Å². The van der Waals surface area contributed by atoms with Crippen LogP contribution in [0.25, 0.3) is 6.08 Å². The fourth-order valence-corrected chi connectivity index (χ4v) is 3.58. The van der Waals surface area contributed by atoms with E-state index in [2.05, 4.69) is 15.4 Å². The second-order valence-electron chi connectivity index (χ2n) is 6.43. The van der Waals surface area contributed by atoms with Crippen molar-refractivity contribution in [2.75, 3.05) is 10.6 Å². The van der Waals surface area contributed by atoms with E-state index in [1.165, 1.54) is 37.3 Å². The fraction of sp³-hybridized carbons (Fsp3) is 0.200. The van der Waals surface area contributed by atoms with Crippen LogP contribution < -0.4 is 15.4 Å². The van der Waals surface area contributed by atoms with Crippen LogP contribution in [0, 0.1) is 0 Å². The third kappa shape index (κ3) is 6.64. The molecule has 0 aromatic heterocycles. The number of rotatable bonds is 7. The Balaban J connectivity index is 1.97. The number of anilines is 2. The van der Waals surface area contributed by atoms with Crippen LogP contribution in [0.3, 0.4) is 0 Å². The zero-order valence-corrected chi connectivity index (χ0v) is 16.7. The Kier molecular flexibility index (Phi) is 7.08. The van der Waals surface area contributed by atoms with Gasteiger partial charge < -0.3 is 10.6 Å². The van der Waals surface area contributed by atoms with Crippen LogP contribution in [-0.4, -0.2) is 26.3 Å². The molecule has 0 aliphatic heterocycles. The predicted molar refractivity (Wildman–Crippen MR) is 110 cm³/mol. The monoisotopic (exact) mass is 401 g/mol. The SMILES string of the molecule is CC(=O)Nc1ccc(/C=C/C(=O)Nc2ccc(S(=O)(=O)NC(C)C)cc2)cc1. The number of hydrogen-bond acceptors (Lipinski definition) is 4. The van der Waals surface area contributed by atoms with Crippen LogP contribution in [0.1, 0.15) is 26.3 Å². The van der Waals surface area contributed by atoms with Crippen LogP contribution >= 0.6 is 0 Å². The van der Waals surface area contributed by atoms with E-state index in [9.17, 15) is 18.0 Å².